The SMILES string of the molecule is CC[C@@H]1CSC2=N[C@H](c3ccccn3)[C@@H](c3cccn3-c3cccc(C)c3)N21. The summed E-state index contributed by atoms with van der Waals surface area (Å²) in [7, 11) is 0. The van der Waals surface area contributed by atoms with E-state index in [4.69, 9.17) is 4.99 Å². The number of aliphatic imine (C=N–C) groups is 1. The predicted octanol–water partition coefficient (Wildman–Crippen LogP) is 5.16. The number of pyridine rings is 1. The first-order chi connectivity index (χ1) is 13.8. The maximum atomic E-state index is 5.14. The molecule has 0 amide bonds. The predicted molar refractivity (Wildman–Crippen MR) is 116 cm³/mol. The Kier molecular flexibility index (Phi) is 4.47. The van der Waals surface area contributed by atoms with Crippen LogP contribution < -0.4 is 0 Å². The van der Waals surface area contributed by atoms with Crippen molar-refractivity contribution in [1.29, 1.82) is 0 Å². The number of rotatable bonds is 4. The van der Waals surface area contributed by atoms with Crippen LogP contribution in [0.2, 0.25) is 0 Å². The summed E-state index contributed by atoms with van der Waals surface area (Å²) in [5.41, 5.74) is 4.79. The Hall–Kier alpha value is -2.53. The minimum absolute atomic E-state index is 0.0245. The first kappa shape index (κ1) is 17.6. The van der Waals surface area contributed by atoms with E-state index in [0.29, 0.717) is 6.04 Å². The smallest absolute Gasteiger partial charge is 0.160 e. The number of amidine groups is 1. The van der Waals surface area contributed by atoms with Crippen LogP contribution in [0.4, 0.5) is 0 Å². The Morgan fingerprint density at radius 3 is 2.82 bits per heavy atom. The van der Waals surface area contributed by atoms with Gasteiger partial charge in [-0.1, -0.05) is 36.9 Å². The van der Waals surface area contributed by atoms with Crippen molar-refractivity contribution in [3.05, 3.63) is 83.9 Å². The largest absolute Gasteiger partial charge is 0.337 e. The second-order valence-corrected chi connectivity index (χ2v) is 8.47. The van der Waals surface area contributed by atoms with Crippen LogP contribution in [0, 0.1) is 6.92 Å². The van der Waals surface area contributed by atoms with E-state index in [0.717, 1.165) is 17.9 Å². The molecule has 0 N–H and O–H groups in total. The van der Waals surface area contributed by atoms with E-state index in [1.165, 1.54) is 22.1 Å². The van der Waals surface area contributed by atoms with Gasteiger partial charge in [-0.05, 0) is 55.3 Å². The third-order valence-electron chi connectivity index (χ3n) is 5.69. The zero-order valence-electron chi connectivity index (χ0n) is 16.2. The van der Waals surface area contributed by atoms with Crippen LogP contribution in [-0.4, -0.2) is 31.4 Å². The molecule has 1 aromatic carbocycles. The summed E-state index contributed by atoms with van der Waals surface area (Å²) in [4.78, 5) is 12.3. The van der Waals surface area contributed by atoms with Gasteiger partial charge in [0.25, 0.3) is 0 Å². The standard InChI is InChI=1S/C23H24N4S/c1-3-17-15-28-23-25-21(19-10-4-5-12-24-19)22(27(17)23)20-11-7-13-26(20)18-9-6-8-16(2)14-18/h4-14,17,21-22H,3,15H2,1-2H3/t17-,21-,22-/m1/s1. The lowest BCUT2D eigenvalue weighted by molar-refractivity contribution is 0.249. The molecular formula is C23H24N4S. The van der Waals surface area contributed by atoms with E-state index < -0.39 is 0 Å². The number of nitrogens with zero attached hydrogens (tertiary/aromatic N) is 4. The van der Waals surface area contributed by atoms with Gasteiger partial charge in [0, 0.05) is 35.6 Å². The van der Waals surface area contributed by atoms with E-state index in [-0.39, 0.29) is 12.1 Å². The van der Waals surface area contributed by atoms with Crippen LogP contribution in [0.1, 0.15) is 42.4 Å². The lowest BCUT2D eigenvalue weighted by Gasteiger charge is -2.32. The normalized spacial score (nSPS) is 23.7. The summed E-state index contributed by atoms with van der Waals surface area (Å²) in [6.07, 6.45) is 5.17. The molecule has 5 heteroatoms. The number of aromatic nitrogens is 2. The highest BCUT2D eigenvalue weighted by atomic mass is 32.2. The molecule has 142 valence electrons. The molecule has 2 aromatic heterocycles. The second-order valence-electron chi connectivity index (χ2n) is 7.48. The molecule has 0 saturated carbocycles. The van der Waals surface area contributed by atoms with Crippen molar-refractivity contribution in [3.8, 4) is 5.69 Å². The minimum atomic E-state index is 0.0245. The van der Waals surface area contributed by atoms with Crippen molar-refractivity contribution >= 4 is 16.9 Å². The van der Waals surface area contributed by atoms with Gasteiger partial charge in [0.1, 0.15) is 12.1 Å². The molecule has 3 atom stereocenters. The van der Waals surface area contributed by atoms with Crippen LogP contribution in [0.5, 0.6) is 0 Å². The Labute approximate surface area is 170 Å². The van der Waals surface area contributed by atoms with E-state index in [9.17, 15) is 0 Å². The molecule has 0 spiro atoms. The first-order valence-corrected chi connectivity index (χ1v) is 10.9. The molecule has 2 aliphatic rings. The summed E-state index contributed by atoms with van der Waals surface area (Å²) in [5, 5.41) is 1.17. The van der Waals surface area contributed by atoms with Crippen LogP contribution in [0.25, 0.3) is 5.69 Å². The fourth-order valence-electron chi connectivity index (χ4n) is 4.32. The van der Waals surface area contributed by atoms with Crippen LogP contribution in [0.3, 0.4) is 0 Å². The molecule has 0 aliphatic carbocycles. The molecule has 3 aromatic rings. The number of thioether (sulfide) groups is 1. The Bertz CT molecular complexity index is 1010. The van der Waals surface area contributed by atoms with Crippen molar-refractivity contribution in [2.75, 3.05) is 5.75 Å². The highest BCUT2D eigenvalue weighted by Gasteiger charge is 2.46. The summed E-state index contributed by atoms with van der Waals surface area (Å²) >= 11 is 1.89. The lowest BCUT2D eigenvalue weighted by Crippen LogP contribution is -2.36. The van der Waals surface area contributed by atoms with E-state index in [1.54, 1.807) is 0 Å². The van der Waals surface area contributed by atoms with Crippen molar-refractivity contribution in [1.82, 2.24) is 14.5 Å². The van der Waals surface area contributed by atoms with Gasteiger partial charge in [0.2, 0.25) is 0 Å². The third kappa shape index (κ3) is 2.85. The van der Waals surface area contributed by atoms with Crippen LogP contribution in [0.15, 0.2) is 72.0 Å². The van der Waals surface area contributed by atoms with Crippen LogP contribution >= 0.6 is 11.8 Å². The highest BCUT2D eigenvalue weighted by molar-refractivity contribution is 8.14. The van der Waals surface area contributed by atoms with Crippen LogP contribution in [-0.2, 0) is 0 Å². The molecule has 28 heavy (non-hydrogen) atoms. The minimum Gasteiger partial charge on any atom is -0.337 e. The molecule has 4 heterocycles. The summed E-state index contributed by atoms with van der Waals surface area (Å²) in [6, 6.07) is 19.9. The van der Waals surface area contributed by atoms with Gasteiger partial charge in [0.05, 0.1) is 5.69 Å². The number of aryl methyl sites for hydroxylation is 1. The number of fused-ring (bicyclic) bond motifs is 1. The van der Waals surface area contributed by atoms with Gasteiger partial charge < -0.3 is 9.47 Å². The topological polar surface area (TPSA) is 33.4 Å². The molecule has 0 bridgehead atoms. The summed E-state index contributed by atoms with van der Waals surface area (Å²) < 4.78 is 2.32. The maximum absolute atomic E-state index is 5.14. The van der Waals surface area contributed by atoms with Gasteiger partial charge >= 0.3 is 0 Å². The quantitative estimate of drug-likeness (QED) is 0.619. The van der Waals surface area contributed by atoms with E-state index in [1.807, 2.05) is 24.0 Å². The monoisotopic (exact) mass is 388 g/mol. The van der Waals surface area contributed by atoms with Gasteiger partial charge in [-0.25, -0.2) is 0 Å². The van der Waals surface area contributed by atoms with Crippen molar-refractivity contribution < 1.29 is 0 Å². The highest BCUT2D eigenvalue weighted by Crippen LogP contribution is 2.48. The average Bonchev–Trinajstić information content (AvgIpc) is 3.43. The van der Waals surface area contributed by atoms with Gasteiger partial charge in [0.15, 0.2) is 5.17 Å². The molecule has 1 fully saturated rings. The van der Waals surface area contributed by atoms with E-state index in [2.05, 4.69) is 83.0 Å². The molecule has 2 aliphatic heterocycles. The fourth-order valence-corrected chi connectivity index (χ4v) is 5.66. The zero-order valence-corrected chi connectivity index (χ0v) is 17.0. The van der Waals surface area contributed by atoms with Crippen molar-refractivity contribution in [3.63, 3.8) is 0 Å². The molecule has 1 saturated heterocycles. The zero-order chi connectivity index (χ0) is 19.1. The van der Waals surface area contributed by atoms with Crippen molar-refractivity contribution in [2.24, 2.45) is 4.99 Å². The Balaban J connectivity index is 1.63. The summed E-state index contributed by atoms with van der Waals surface area (Å²) in [6.45, 7) is 4.42. The van der Waals surface area contributed by atoms with Gasteiger partial charge in [-0.2, -0.15) is 0 Å². The number of benzene rings is 1. The molecule has 0 radical (unpaired) electrons. The molecule has 0 unspecified atom stereocenters. The maximum Gasteiger partial charge on any atom is 0.160 e. The Morgan fingerprint density at radius 2 is 2.04 bits per heavy atom. The summed E-state index contributed by atoms with van der Waals surface area (Å²) in [5.74, 6) is 1.12. The third-order valence-corrected chi connectivity index (χ3v) is 6.82. The number of hydrogen-bond acceptors (Lipinski definition) is 4. The number of hydrogen-bond donors (Lipinski definition) is 0. The van der Waals surface area contributed by atoms with Crippen molar-refractivity contribution in [2.45, 2.75) is 38.4 Å². The molecular weight excluding hydrogens is 364 g/mol. The molecule has 4 nitrogen and oxygen atoms in total. The molecule has 5 rings (SSSR count). The van der Waals surface area contributed by atoms with E-state index >= 15 is 0 Å². The Morgan fingerprint density at radius 1 is 1.11 bits per heavy atom. The van der Waals surface area contributed by atoms with Gasteiger partial charge in [-0.3, -0.25) is 9.98 Å². The fraction of sp³-hybridized carbons (Fsp3) is 0.304. The second kappa shape index (κ2) is 7.13. The average molecular weight is 389 g/mol. The van der Waals surface area contributed by atoms with Gasteiger partial charge in [-0.15, -0.1) is 0 Å². The lowest BCUT2D eigenvalue weighted by atomic mass is 9.99. The first-order valence-electron chi connectivity index (χ1n) is 9.90.